The Morgan fingerprint density at radius 1 is 1.21 bits per heavy atom. The molecule has 0 bridgehead atoms. The lowest BCUT2D eigenvalue weighted by Gasteiger charge is -2.15. The number of carbonyl (C=O) groups excluding carboxylic acids is 1. The van der Waals surface area contributed by atoms with Gasteiger partial charge in [0, 0.05) is 49.8 Å². The summed E-state index contributed by atoms with van der Waals surface area (Å²) in [6.07, 6.45) is 3.21. The number of benzene rings is 2. The van der Waals surface area contributed by atoms with Gasteiger partial charge in [0.25, 0.3) is 0 Å². The first-order valence-electron chi connectivity index (χ1n) is 9.53. The first-order chi connectivity index (χ1) is 13.7. The van der Waals surface area contributed by atoms with Gasteiger partial charge in [-0.05, 0) is 35.7 Å². The number of likely N-dealkylation sites (tertiary alicyclic amines) is 1. The van der Waals surface area contributed by atoms with Crippen LogP contribution in [0.25, 0.3) is 10.9 Å². The van der Waals surface area contributed by atoms with Gasteiger partial charge in [-0.15, -0.1) is 0 Å². The Labute approximate surface area is 164 Å². The topological polar surface area (TPSA) is 58.3 Å². The van der Waals surface area contributed by atoms with Crippen molar-refractivity contribution in [1.82, 2.24) is 9.47 Å². The summed E-state index contributed by atoms with van der Waals surface area (Å²) in [5, 5.41) is 10.2. The number of para-hydroxylation sites is 1. The van der Waals surface area contributed by atoms with Crippen molar-refractivity contribution in [2.24, 2.45) is 0 Å². The monoisotopic (exact) mass is 373 g/mol. The van der Waals surface area contributed by atoms with Crippen molar-refractivity contribution in [2.75, 3.05) is 26.8 Å². The average Bonchev–Trinajstić information content (AvgIpc) is 3.34. The van der Waals surface area contributed by atoms with Crippen LogP contribution in [0.15, 0.2) is 54.7 Å². The Bertz CT molecular complexity index is 1030. The largest absolute Gasteiger partial charge is 0.375 e. The van der Waals surface area contributed by atoms with Gasteiger partial charge in [-0.25, -0.2) is 0 Å². The van der Waals surface area contributed by atoms with Gasteiger partial charge in [0.2, 0.25) is 5.91 Å². The Hall–Kier alpha value is -3.10. The number of fused-ring (bicyclic) bond motifs is 1. The maximum atomic E-state index is 12.2. The molecule has 1 atom stereocenters. The van der Waals surface area contributed by atoms with Gasteiger partial charge in [-0.1, -0.05) is 30.3 Å². The zero-order chi connectivity index (χ0) is 19.5. The van der Waals surface area contributed by atoms with Crippen LogP contribution in [0.2, 0.25) is 0 Å². The van der Waals surface area contributed by atoms with E-state index in [-0.39, 0.29) is 12.5 Å². The van der Waals surface area contributed by atoms with E-state index in [4.69, 9.17) is 10.00 Å². The molecule has 0 aliphatic carbocycles. The van der Waals surface area contributed by atoms with Crippen LogP contribution in [-0.4, -0.2) is 42.2 Å². The van der Waals surface area contributed by atoms with Crippen LogP contribution in [0.4, 0.5) is 0 Å². The average molecular weight is 373 g/mol. The lowest BCUT2D eigenvalue weighted by Crippen LogP contribution is -2.31. The summed E-state index contributed by atoms with van der Waals surface area (Å²) in [5.41, 5.74) is 4.34. The second-order valence-corrected chi connectivity index (χ2v) is 7.30. The molecule has 142 valence electrons. The van der Waals surface area contributed by atoms with Crippen molar-refractivity contribution < 1.29 is 9.53 Å². The van der Waals surface area contributed by atoms with Gasteiger partial charge in [0.15, 0.2) is 0 Å². The minimum absolute atomic E-state index is 0.0614. The number of hydrogen-bond donors (Lipinski definition) is 0. The van der Waals surface area contributed by atoms with Crippen molar-refractivity contribution in [3.05, 3.63) is 71.4 Å². The summed E-state index contributed by atoms with van der Waals surface area (Å²) < 4.78 is 7.27. The molecule has 0 N–H and O–H groups in total. The molecule has 1 amide bonds. The molecule has 2 aromatic carbocycles. The minimum Gasteiger partial charge on any atom is -0.375 e. The summed E-state index contributed by atoms with van der Waals surface area (Å²) in [6, 6.07) is 18.3. The maximum absolute atomic E-state index is 12.2. The van der Waals surface area contributed by atoms with E-state index in [9.17, 15) is 4.79 Å². The fraction of sp³-hybridized carbons (Fsp3) is 0.304. The molecule has 3 aromatic rings. The van der Waals surface area contributed by atoms with Crippen molar-refractivity contribution in [3.8, 4) is 6.07 Å². The number of hydrogen-bond acceptors (Lipinski definition) is 3. The summed E-state index contributed by atoms with van der Waals surface area (Å²) in [6.45, 7) is 2.42. The van der Waals surface area contributed by atoms with Gasteiger partial charge in [-0.2, -0.15) is 5.26 Å². The molecule has 0 spiro atoms. The SMILES string of the molecule is COCC(=O)N1CCC(c2cn(Cc3ccc(C#N)cc3)c3ccccc23)C1. The van der Waals surface area contributed by atoms with Crippen LogP contribution in [0.5, 0.6) is 0 Å². The lowest BCUT2D eigenvalue weighted by molar-refractivity contribution is -0.134. The van der Waals surface area contributed by atoms with E-state index in [0.717, 1.165) is 31.6 Å². The third kappa shape index (κ3) is 3.51. The van der Waals surface area contributed by atoms with E-state index < -0.39 is 0 Å². The smallest absolute Gasteiger partial charge is 0.248 e. The van der Waals surface area contributed by atoms with Crippen molar-refractivity contribution in [1.29, 1.82) is 5.26 Å². The quantitative estimate of drug-likeness (QED) is 0.687. The molecule has 28 heavy (non-hydrogen) atoms. The molecule has 1 saturated heterocycles. The fourth-order valence-electron chi connectivity index (χ4n) is 4.07. The molecule has 1 unspecified atom stereocenters. The van der Waals surface area contributed by atoms with E-state index in [1.165, 1.54) is 16.5 Å². The number of amides is 1. The lowest BCUT2D eigenvalue weighted by atomic mass is 9.98. The fourth-order valence-corrected chi connectivity index (χ4v) is 4.07. The predicted octanol–water partition coefficient (Wildman–Crippen LogP) is 3.52. The summed E-state index contributed by atoms with van der Waals surface area (Å²) in [5.74, 6) is 0.402. The summed E-state index contributed by atoms with van der Waals surface area (Å²) in [4.78, 5) is 14.1. The first-order valence-corrected chi connectivity index (χ1v) is 9.53. The molecular formula is C23H23N3O2. The second kappa shape index (κ2) is 7.87. The highest BCUT2D eigenvalue weighted by Crippen LogP contribution is 2.34. The number of ether oxygens (including phenoxy) is 1. The summed E-state index contributed by atoms with van der Waals surface area (Å²) >= 11 is 0. The minimum atomic E-state index is 0.0614. The standard InChI is InChI=1S/C23H23N3O2/c1-28-16-23(27)25-11-10-19(14-25)21-15-26(22-5-3-2-4-20(21)22)13-18-8-6-17(12-24)7-9-18/h2-9,15,19H,10-11,13-14,16H2,1H3. The molecule has 1 fully saturated rings. The Balaban J connectivity index is 1.62. The molecule has 1 aliphatic heterocycles. The van der Waals surface area contributed by atoms with Crippen LogP contribution in [0.1, 0.15) is 29.0 Å². The summed E-state index contributed by atoms with van der Waals surface area (Å²) in [7, 11) is 1.56. The molecule has 5 nitrogen and oxygen atoms in total. The second-order valence-electron chi connectivity index (χ2n) is 7.30. The van der Waals surface area contributed by atoms with Crippen molar-refractivity contribution in [2.45, 2.75) is 18.9 Å². The third-order valence-electron chi connectivity index (χ3n) is 5.50. The molecule has 4 rings (SSSR count). The molecule has 5 heteroatoms. The molecule has 1 aromatic heterocycles. The molecule has 0 radical (unpaired) electrons. The van der Waals surface area contributed by atoms with E-state index in [1.54, 1.807) is 7.11 Å². The Kier molecular flexibility index (Phi) is 5.14. The highest BCUT2D eigenvalue weighted by molar-refractivity contribution is 5.85. The molecule has 2 heterocycles. The highest BCUT2D eigenvalue weighted by atomic mass is 16.5. The number of nitriles is 1. The van der Waals surface area contributed by atoms with E-state index >= 15 is 0 Å². The van der Waals surface area contributed by atoms with Crippen LogP contribution in [0.3, 0.4) is 0 Å². The van der Waals surface area contributed by atoms with Gasteiger partial charge >= 0.3 is 0 Å². The van der Waals surface area contributed by atoms with Crippen molar-refractivity contribution in [3.63, 3.8) is 0 Å². The maximum Gasteiger partial charge on any atom is 0.248 e. The van der Waals surface area contributed by atoms with E-state index in [1.807, 2.05) is 29.2 Å². The zero-order valence-electron chi connectivity index (χ0n) is 16.0. The number of rotatable bonds is 5. The first kappa shape index (κ1) is 18.3. The number of nitrogens with zero attached hydrogens (tertiary/aromatic N) is 3. The van der Waals surface area contributed by atoms with Crippen LogP contribution in [0, 0.1) is 11.3 Å². The normalized spacial score (nSPS) is 16.4. The highest BCUT2D eigenvalue weighted by Gasteiger charge is 2.29. The van der Waals surface area contributed by atoms with Gasteiger partial charge < -0.3 is 14.2 Å². The number of aromatic nitrogens is 1. The van der Waals surface area contributed by atoms with Crippen LogP contribution >= 0.6 is 0 Å². The zero-order valence-corrected chi connectivity index (χ0v) is 16.0. The molecular weight excluding hydrogens is 350 g/mol. The van der Waals surface area contributed by atoms with E-state index in [2.05, 4.69) is 41.1 Å². The van der Waals surface area contributed by atoms with Gasteiger partial charge in [-0.3, -0.25) is 4.79 Å². The third-order valence-corrected chi connectivity index (χ3v) is 5.50. The number of carbonyl (C=O) groups is 1. The number of methoxy groups -OCH3 is 1. The molecule has 0 saturated carbocycles. The van der Waals surface area contributed by atoms with Crippen LogP contribution in [-0.2, 0) is 16.1 Å². The van der Waals surface area contributed by atoms with Gasteiger partial charge in [0.1, 0.15) is 6.61 Å². The molecule has 1 aliphatic rings. The van der Waals surface area contributed by atoms with Gasteiger partial charge in [0.05, 0.1) is 11.6 Å². The Morgan fingerprint density at radius 2 is 2.00 bits per heavy atom. The van der Waals surface area contributed by atoms with Crippen LogP contribution < -0.4 is 0 Å². The van der Waals surface area contributed by atoms with Crippen molar-refractivity contribution >= 4 is 16.8 Å². The Morgan fingerprint density at radius 3 is 2.75 bits per heavy atom. The predicted molar refractivity (Wildman–Crippen MR) is 108 cm³/mol. The van der Waals surface area contributed by atoms with E-state index in [0.29, 0.717) is 11.5 Å².